The number of carbonyl (C=O) groups is 4. The van der Waals surface area contributed by atoms with Crippen LogP contribution in [0.25, 0.3) is 0 Å². The van der Waals surface area contributed by atoms with E-state index in [4.69, 9.17) is 0 Å². The van der Waals surface area contributed by atoms with Crippen molar-refractivity contribution in [2.24, 2.45) is 13.0 Å². The molecule has 0 spiro atoms. The smallest absolute Gasteiger partial charge is 0.272 e. The molecule has 4 bridgehead atoms. The first-order chi connectivity index (χ1) is 21.6. The maximum atomic E-state index is 13.7. The van der Waals surface area contributed by atoms with Crippen LogP contribution in [-0.2, 0) is 18.3 Å². The number of hydrogen-bond acceptors (Lipinski definition) is 9. The second-order valence-electron chi connectivity index (χ2n) is 11.3. The van der Waals surface area contributed by atoms with E-state index >= 15 is 0 Å². The molecule has 5 rings (SSSR count). The van der Waals surface area contributed by atoms with Gasteiger partial charge in [0.15, 0.2) is 0 Å². The van der Waals surface area contributed by atoms with Gasteiger partial charge in [0.1, 0.15) is 27.1 Å². The lowest BCUT2D eigenvalue weighted by atomic mass is 10.0. The fourth-order valence-corrected chi connectivity index (χ4v) is 6.97. The Morgan fingerprint density at radius 1 is 1.00 bits per heavy atom. The lowest BCUT2D eigenvalue weighted by Gasteiger charge is -2.24. The van der Waals surface area contributed by atoms with Gasteiger partial charge in [-0.2, -0.15) is 0 Å². The summed E-state index contributed by atoms with van der Waals surface area (Å²) in [6, 6.07) is 8.74. The Morgan fingerprint density at radius 3 is 2.38 bits per heavy atom. The van der Waals surface area contributed by atoms with Gasteiger partial charge in [-0.1, -0.05) is 44.2 Å². The molecule has 4 aromatic rings. The predicted octanol–water partition coefficient (Wildman–Crippen LogP) is 3.44. The van der Waals surface area contributed by atoms with Crippen molar-refractivity contribution in [2.75, 3.05) is 19.6 Å². The van der Waals surface area contributed by atoms with Crippen LogP contribution in [0.1, 0.15) is 85.1 Å². The highest BCUT2D eigenvalue weighted by Gasteiger charge is 2.28. The summed E-state index contributed by atoms with van der Waals surface area (Å²) in [4.78, 5) is 68.5. The number of thiazole rings is 2. The molecule has 0 unspecified atom stereocenters. The van der Waals surface area contributed by atoms with Gasteiger partial charge in [0.2, 0.25) is 5.91 Å². The van der Waals surface area contributed by atoms with Gasteiger partial charge in [0.05, 0.1) is 30.6 Å². The maximum absolute atomic E-state index is 13.7. The molecule has 236 valence electrons. The topological polar surface area (TPSA) is 151 Å². The number of aromatic nitrogens is 4. The number of carbonyl (C=O) groups excluding carboxylic acids is 4. The Morgan fingerprint density at radius 2 is 1.69 bits per heavy atom. The number of amides is 4. The Kier molecular flexibility index (Phi) is 10.0. The zero-order valence-corrected chi connectivity index (χ0v) is 27.2. The summed E-state index contributed by atoms with van der Waals surface area (Å²) >= 11 is 2.60. The van der Waals surface area contributed by atoms with Crippen molar-refractivity contribution >= 4 is 46.3 Å². The van der Waals surface area contributed by atoms with E-state index in [9.17, 15) is 19.2 Å². The maximum Gasteiger partial charge on any atom is 0.272 e. The van der Waals surface area contributed by atoms with Crippen LogP contribution in [0.3, 0.4) is 0 Å². The third-order valence-corrected chi connectivity index (χ3v) is 9.37. The van der Waals surface area contributed by atoms with E-state index in [-0.39, 0.29) is 60.6 Å². The molecule has 45 heavy (non-hydrogen) atoms. The first kappa shape index (κ1) is 32.0. The van der Waals surface area contributed by atoms with E-state index in [1.54, 1.807) is 35.6 Å². The van der Waals surface area contributed by atoms with Gasteiger partial charge in [0, 0.05) is 30.9 Å². The van der Waals surface area contributed by atoms with Crippen LogP contribution >= 0.6 is 22.7 Å². The average molecular weight is 649 g/mol. The average Bonchev–Trinajstić information content (AvgIpc) is 3.77. The highest BCUT2D eigenvalue weighted by Crippen LogP contribution is 2.27. The van der Waals surface area contributed by atoms with Crippen molar-refractivity contribution in [2.45, 2.75) is 45.7 Å². The lowest BCUT2D eigenvalue weighted by molar-refractivity contribution is -0.122. The van der Waals surface area contributed by atoms with Gasteiger partial charge in [-0.25, -0.2) is 15.0 Å². The number of nitrogens with zero attached hydrogens (tertiary/aromatic N) is 5. The monoisotopic (exact) mass is 648 g/mol. The summed E-state index contributed by atoms with van der Waals surface area (Å²) in [6.07, 6.45) is 2.41. The molecular formula is C31H36N8O4S2. The number of benzene rings is 1. The van der Waals surface area contributed by atoms with Crippen molar-refractivity contribution in [3.8, 4) is 0 Å². The minimum atomic E-state index is -0.536. The normalized spacial score (nSPS) is 18.4. The molecule has 0 fully saturated rings. The number of hydrogen-bond donors (Lipinski definition) is 3. The van der Waals surface area contributed by atoms with Crippen molar-refractivity contribution in [3.63, 3.8) is 0 Å². The van der Waals surface area contributed by atoms with Crippen molar-refractivity contribution in [3.05, 3.63) is 85.8 Å². The minimum Gasteiger partial charge on any atom is -0.351 e. The van der Waals surface area contributed by atoms with Gasteiger partial charge in [0.25, 0.3) is 17.7 Å². The van der Waals surface area contributed by atoms with Crippen LogP contribution in [0.5, 0.6) is 0 Å². The van der Waals surface area contributed by atoms with Crippen molar-refractivity contribution in [1.82, 2.24) is 40.4 Å². The molecule has 0 saturated heterocycles. The van der Waals surface area contributed by atoms with E-state index in [2.05, 4.69) is 30.9 Å². The van der Waals surface area contributed by atoms with Crippen LogP contribution in [0.2, 0.25) is 0 Å². The highest BCUT2D eigenvalue weighted by molar-refractivity contribution is 7.10. The second-order valence-corrected chi connectivity index (χ2v) is 13.1. The predicted molar refractivity (Wildman–Crippen MR) is 171 cm³/mol. The minimum absolute atomic E-state index is 0.0000678. The Labute approximate surface area is 269 Å². The number of aryl methyl sites for hydroxylation is 2. The van der Waals surface area contributed by atoms with E-state index in [0.717, 1.165) is 5.56 Å². The molecule has 3 N–H and O–H groups in total. The zero-order chi connectivity index (χ0) is 32.1. The van der Waals surface area contributed by atoms with Crippen LogP contribution < -0.4 is 16.0 Å². The number of fused-ring (bicyclic) bond motifs is 4. The van der Waals surface area contributed by atoms with Gasteiger partial charge < -0.3 is 25.4 Å². The third kappa shape index (κ3) is 7.63. The van der Waals surface area contributed by atoms with Gasteiger partial charge in [-0.15, -0.1) is 22.7 Å². The highest BCUT2D eigenvalue weighted by atomic mass is 32.1. The van der Waals surface area contributed by atoms with E-state index in [1.807, 2.05) is 44.2 Å². The Balaban J connectivity index is 1.48. The molecule has 1 aromatic carbocycles. The molecule has 4 amide bonds. The molecule has 2 atom stereocenters. The van der Waals surface area contributed by atoms with Crippen molar-refractivity contribution in [1.29, 1.82) is 0 Å². The van der Waals surface area contributed by atoms with Crippen LogP contribution in [0.4, 0.5) is 0 Å². The third-order valence-electron chi connectivity index (χ3n) is 7.48. The summed E-state index contributed by atoms with van der Waals surface area (Å²) in [5.74, 6) is -1.43. The fourth-order valence-electron chi connectivity index (χ4n) is 5.10. The number of nitrogens with one attached hydrogen (secondary N) is 3. The summed E-state index contributed by atoms with van der Waals surface area (Å²) < 4.78 is 1.64. The lowest BCUT2D eigenvalue weighted by Crippen LogP contribution is -2.44. The molecule has 4 heterocycles. The number of rotatable bonds is 4. The standard InChI is InChI=1S/C31H36N8O4S2/c1-18(2)25-30-36-22(15-45-30)27(41)32-11-8-12-39(31(43)26-19(3)33-17-38(26)4)14-24(40)34-21(13-20-9-6-5-7-10-20)29-35-23(16-44-29)28(42)37-25/h5-7,9-10,15-18,21,25H,8,11-14H2,1-4H3,(H,32,41)(H,34,40)(H,37,42)/t21-,25-/m0/s1. The molecule has 0 radical (unpaired) electrons. The van der Waals surface area contributed by atoms with Gasteiger partial charge in [-0.3, -0.25) is 19.2 Å². The van der Waals surface area contributed by atoms with Gasteiger partial charge >= 0.3 is 0 Å². The summed E-state index contributed by atoms with van der Waals surface area (Å²) in [5, 5.41) is 13.5. The van der Waals surface area contributed by atoms with E-state index in [0.29, 0.717) is 34.2 Å². The molecule has 3 aromatic heterocycles. The molecule has 14 heteroatoms. The molecule has 1 aliphatic heterocycles. The zero-order valence-electron chi connectivity index (χ0n) is 25.6. The van der Waals surface area contributed by atoms with E-state index < -0.39 is 12.1 Å². The molecule has 0 saturated carbocycles. The quantitative estimate of drug-likeness (QED) is 0.307. The second kappa shape index (κ2) is 14.1. The Bertz CT molecular complexity index is 1660. The molecule has 12 nitrogen and oxygen atoms in total. The summed E-state index contributed by atoms with van der Waals surface area (Å²) in [6.45, 7) is 5.96. The number of imidazole rings is 1. The Hall–Kier alpha value is -4.43. The largest absolute Gasteiger partial charge is 0.351 e. The van der Waals surface area contributed by atoms with Gasteiger partial charge in [-0.05, 0) is 31.2 Å². The molecular weight excluding hydrogens is 613 g/mol. The van der Waals surface area contributed by atoms with Crippen LogP contribution in [0.15, 0.2) is 47.4 Å². The van der Waals surface area contributed by atoms with Crippen LogP contribution in [0, 0.1) is 12.8 Å². The molecule has 1 aliphatic rings. The summed E-state index contributed by atoms with van der Waals surface area (Å²) in [5.41, 5.74) is 2.41. The van der Waals surface area contributed by atoms with E-state index in [1.165, 1.54) is 27.6 Å². The SMILES string of the molecule is Cc1ncn(C)c1C(=O)N1CCCNC(=O)c2csc(n2)[C@H](C(C)C)NC(=O)c2csc(n2)[C@H](Cc2ccccc2)NC(=O)C1. The summed E-state index contributed by atoms with van der Waals surface area (Å²) in [7, 11) is 1.73. The van der Waals surface area contributed by atoms with Crippen LogP contribution in [-0.4, -0.2) is 67.7 Å². The first-order valence-corrected chi connectivity index (χ1v) is 16.5. The molecule has 0 aliphatic carbocycles. The fraction of sp³-hybridized carbons (Fsp3) is 0.387. The van der Waals surface area contributed by atoms with Crippen molar-refractivity contribution < 1.29 is 19.2 Å². The first-order valence-electron chi connectivity index (χ1n) is 14.7.